The van der Waals surface area contributed by atoms with Gasteiger partial charge in [0.05, 0.1) is 11.3 Å². The lowest BCUT2D eigenvalue weighted by Crippen LogP contribution is -2.16. The summed E-state index contributed by atoms with van der Waals surface area (Å²) in [5, 5.41) is 5.01. The van der Waals surface area contributed by atoms with Gasteiger partial charge in [0.1, 0.15) is 23.1 Å². The van der Waals surface area contributed by atoms with Crippen LogP contribution in [-0.2, 0) is 17.8 Å². The molecule has 0 spiro atoms. The van der Waals surface area contributed by atoms with E-state index in [1.165, 1.54) is 21.9 Å². The molecule has 8 heteroatoms. The molecule has 0 fully saturated rings. The molecule has 0 bridgehead atoms. The highest BCUT2D eigenvalue weighted by molar-refractivity contribution is 7.16. The molecule has 0 aliphatic rings. The first-order valence-corrected chi connectivity index (χ1v) is 9.83. The first-order chi connectivity index (χ1) is 14.1. The van der Waals surface area contributed by atoms with Crippen LogP contribution in [0.5, 0.6) is 11.5 Å². The number of carbonyl (C=O) groups is 1. The van der Waals surface area contributed by atoms with Gasteiger partial charge in [-0.1, -0.05) is 36.5 Å². The summed E-state index contributed by atoms with van der Waals surface area (Å²) < 4.78 is 12.3. The summed E-state index contributed by atoms with van der Waals surface area (Å²) in [6.45, 7) is 1.87. The Hall–Kier alpha value is -3.52. The molecule has 146 valence electrons. The molecule has 0 unspecified atom stereocenters. The Labute approximate surface area is 170 Å². The van der Waals surface area contributed by atoms with Crippen LogP contribution in [0.3, 0.4) is 0 Å². The highest BCUT2D eigenvalue weighted by Crippen LogP contribution is 2.21. The fourth-order valence-electron chi connectivity index (χ4n) is 2.62. The van der Waals surface area contributed by atoms with Gasteiger partial charge in [-0.2, -0.15) is 9.61 Å². The second-order valence-corrected chi connectivity index (χ2v) is 7.19. The van der Waals surface area contributed by atoms with Gasteiger partial charge >= 0.3 is 5.97 Å². The monoisotopic (exact) mass is 407 g/mol. The smallest absolute Gasteiger partial charge is 0.338 e. The van der Waals surface area contributed by atoms with Crippen molar-refractivity contribution in [3.8, 4) is 11.5 Å². The van der Waals surface area contributed by atoms with Crippen molar-refractivity contribution < 1.29 is 14.3 Å². The van der Waals surface area contributed by atoms with Crippen LogP contribution in [0, 0.1) is 0 Å². The van der Waals surface area contributed by atoms with Crippen molar-refractivity contribution in [2.45, 2.75) is 20.0 Å². The van der Waals surface area contributed by atoms with Gasteiger partial charge in [-0.3, -0.25) is 4.79 Å². The number of hydrogen-bond acceptors (Lipinski definition) is 7. The van der Waals surface area contributed by atoms with Crippen molar-refractivity contribution in [3.63, 3.8) is 0 Å². The number of fused-ring (bicyclic) bond motifs is 1. The average molecular weight is 407 g/mol. The van der Waals surface area contributed by atoms with Gasteiger partial charge in [0, 0.05) is 6.07 Å². The van der Waals surface area contributed by atoms with Gasteiger partial charge in [0.25, 0.3) is 5.56 Å². The zero-order valence-electron chi connectivity index (χ0n) is 15.6. The molecule has 0 saturated heterocycles. The first kappa shape index (κ1) is 18.8. The Balaban J connectivity index is 1.41. The molecular formula is C21H17N3O4S. The summed E-state index contributed by atoms with van der Waals surface area (Å²) >= 11 is 1.34. The number of hydrogen-bond donors (Lipinski definition) is 0. The molecule has 2 aromatic heterocycles. The predicted octanol–water partition coefficient (Wildman–Crippen LogP) is 3.86. The maximum Gasteiger partial charge on any atom is 0.338 e. The van der Waals surface area contributed by atoms with Crippen LogP contribution in [0.25, 0.3) is 4.96 Å². The van der Waals surface area contributed by atoms with Crippen LogP contribution in [0.2, 0.25) is 0 Å². The minimum Gasteiger partial charge on any atom is -0.457 e. The van der Waals surface area contributed by atoms with Crippen LogP contribution in [0.1, 0.15) is 28.0 Å². The molecule has 0 radical (unpaired) electrons. The second-order valence-electron chi connectivity index (χ2n) is 6.15. The SMILES string of the molecule is CCc1nn2c(=O)cc(COC(=O)c3ccc(Oc4ccccc4)cc3)nc2s1. The number of benzene rings is 2. The zero-order chi connectivity index (χ0) is 20.2. The van der Waals surface area contributed by atoms with Gasteiger partial charge in [0.15, 0.2) is 0 Å². The van der Waals surface area contributed by atoms with Gasteiger partial charge < -0.3 is 9.47 Å². The number of para-hydroxylation sites is 1. The minimum absolute atomic E-state index is 0.0911. The van der Waals surface area contributed by atoms with Crippen LogP contribution in [-0.4, -0.2) is 20.6 Å². The van der Waals surface area contributed by atoms with E-state index in [1.54, 1.807) is 24.3 Å². The van der Waals surface area contributed by atoms with Crippen LogP contribution in [0.15, 0.2) is 65.5 Å². The van der Waals surface area contributed by atoms with Crippen LogP contribution < -0.4 is 10.3 Å². The Morgan fingerprint density at radius 1 is 1.07 bits per heavy atom. The van der Waals surface area contributed by atoms with E-state index in [0.717, 1.165) is 11.4 Å². The number of aromatic nitrogens is 3. The number of carbonyl (C=O) groups excluding carboxylic acids is 1. The summed E-state index contributed by atoms with van der Waals surface area (Å²) in [6, 6.07) is 17.4. The minimum atomic E-state index is -0.503. The highest BCUT2D eigenvalue weighted by Gasteiger charge is 2.12. The van der Waals surface area contributed by atoms with E-state index in [1.807, 2.05) is 37.3 Å². The van der Waals surface area contributed by atoms with Gasteiger partial charge in [-0.15, -0.1) is 0 Å². The van der Waals surface area contributed by atoms with Crippen molar-refractivity contribution >= 4 is 22.3 Å². The molecule has 0 atom stereocenters. The summed E-state index contributed by atoms with van der Waals surface area (Å²) in [5.41, 5.74) is 0.479. The molecule has 2 heterocycles. The molecule has 0 saturated carbocycles. The van der Waals surface area contributed by atoms with Crippen molar-refractivity contribution in [2.75, 3.05) is 0 Å². The first-order valence-electron chi connectivity index (χ1n) is 9.01. The topological polar surface area (TPSA) is 82.8 Å². The van der Waals surface area contributed by atoms with E-state index in [2.05, 4.69) is 10.1 Å². The largest absolute Gasteiger partial charge is 0.457 e. The molecule has 0 N–H and O–H groups in total. The van der Waals surface area contributed by atoms with Crippen molar-refractivity contribution in [2.24, 2.45) is 0 Å². The van der Waals surface area contributed by atoms with Crippen molar-refractivity contribution in [1.82, 2.24) is 14.6 Å². The zero-order valence-corrected chi connectivity index (χ0v) is 16.4. The maximum absolute atomic E-state index is 12.3. The van der Waals surface area contributed by atoms with E-state index >= 15 is 0 Å². The molecule has 4 rings (SSSR count). The Morgan fingerprint density at radius 2 is 1.79 bits per heavy atom. The maximum atomic E-state index is 12.3. The van der Waals surface area contributed by atoms with E-state index in [9.17, 15) is 9.59 Å². The van der Waals surface area contributed by atoms with Crippen molar-refractivity contribution in [1.29, 1.82) is 0 Å². The number of rotatable bonds is 6. The summed E-state index contributed by atoms with van der Waals surface area (Å²) in [6.07, 6.45) is 0.724. The lowest BCUT2D eigenvalue weighted by molar-refractivity contribution is 0.0467. The van der Waals surface area contributed by atoms with Gasteiger partial charge in [-0.05, 0) is 42.8 Å². The number of nitrogens with zero attached hydrogens (tertiary/aromatic N) is 3. The Kier molecular flexibility index (Phi) is 5.35. The molecule has 4 aromatic rings. The second kappa shape index (κ2) is 8.24. The third-order valence-electron chi connectivity index (χ3n) is 4.06. The fraction of sp³-hybridized carbons (Fsp3) is 0.143. The number of ether oxygens (including phenoxy) is 2. The van der Waals surface area contributed by atoms with Gasteiger partial charge in [-0.25, -0.2) is 9.78 Å². The standard InChI is InChI=1S/C21H17N3O4S/c1-2-18-23-24-19(25)12-15(22-21(24)29-18)13-27-20(26)14-8-10-17(11-9-14)28-16-6-4-3-5-7-16/h3-12H,2,13H2,1H3. The lowest BCUT2D eigenvalue weighted by atomic mass is 10.2. The summed E-state index contributed by atoms with van der Waals surface area (Å²) in [4.78, 5) is 29.3. The Morgan fingerprint density at radius 3 is 2.52 bits per heavy atom. The lowest BCUT2D eigenvalue weighted by Gasteiger charge is -2.07. The van der Waals surface area contributed by atoms with Crippen molar-refractivity contribution in [3.05, 3.63) is 87.3 Å². The summed E-state index contributed by atoms with van der Waals surface area (Å²) in [7, 11) is 0. The molecule has 0 aliphatic carbocycles. The number of aryl methyl sites for hydroxylation is 1. The molecule has 7 nitrogen and oxygen atoms in total. The van der Waals surface area contributed by atoms with Crippen LogP contribution in [0.4, 0.5) is 0 Å². The fourth-order valence-corrected chi connectivity index (χ4v) is 3.48. The molecule has 0 amide bonds. The molecule has 2 aromatic carbocycles. The van der Waals surface area contributed by atoms with Gasteiger partial charge in [0.2, 0.25) is 4.96 Å². The predicted molar refractivity (Wildman–Crippen MR) is 109 cm³/mol. The third kappa shape index (κ3) is 4.33. The quantitative estimate of drug-likeness (QED) is 0.451. The van der Waals surface area contributed by atoms with E-state index in [0.29, 0.717) is 27.7 Å². The van der Waals surface area contributed by atoms with E-state index in [-0.39, 0.29) is 12.2 Å². The summed E-state index contributed by atoms with van der Waals surface area (Å²) in [5.74, 6) is 0.825. The normalized spacial score (nSPS) is 10.8. The number of esters is 1. The molecule has 29 heavy (non-hydrogen) atoms. The van der Waals surface area contributed by atoms with Crippen LogP contribution >= 0.6 is 11.3 Å². The molecular weight excluding hydrogens is 390 g/mol. The van der Waals surface area contributed by atoms with E-state index < -0.39 is 5.97 Å². The van der Waals surface area contributed by atoms with E-state index in [4.69, 9.17) is 9.47 Å². The Bertz CT molecular complexity index is 1200. The molecule has 0 aliphatic heterocycles. The highest BCUT2D eigenvalue weighted by atomic mass is 32.1. The third-order valence-corrected chi connectivity index (χ3v) is 5.12. The average Bonchev–Trinajstić information content (AvgIpc) is 3.17.